The maximum absolute atomic E-state index is 11.6. The van der Waals surface area contributed by atoms with Crippen LogP contribution in [0.4, 0.5) is 0 Å². The zero-order valence-electron chi connectivity index (χ0n) is 16.5. The van der Waals surface area contributed by atoms with E-state index in [0.717, 1.165) is 31.2 Å². The van der Waals surface area contributed by atoms with Crippen LogP contribution in [0.2, 0.25) is 0 Å². The molecular formula is C22H28N2O3. The molecule has 0 spiro atoms. The Morgan fingerprint density at radius 3 is 2.48 bits per heavy atom. The van der Waals surface area contributed by atoms with Gasteiger partial charge in [-0.3, -0.25) is 0 Å². The number of nitrogens with zero attached hydrogens (tertiary/aromatic N) is 2. The van der Waals surface area contributed by atoms with Crippen LogP contribution in [0.5, 0.6) is 0 Å². The van der Waals surface area contributed by atoms with Crippen LogP contribution in [0.25, 0.3) is 11.4 Å². The summed E-state index contributed by atoms with van der Waals surface area (Å²) in [5, 5.41) is 4.17. The lowest BCUT2D eigenvalue weighted by Crippen LogP contribution is -2.34. The van der Waals surface area contributed by atoms with E-state index in [9.17, 15) is 4.79 Å². The summed E-state index contributed by atoms with van der Waals surface area (Å²) in [6.45, 7) is 8.52. The fraction of sp³-hybridized carbons (Fsp3) is 0.500. The van der Waals surface area contributed by atoms with Crippen molar-refractivity contribution in [3.63, 3.8) is 0 Å². The third-order valence-electron chi connectivity index (χ3n) is 6.04. The highest BCUT2D eigenvalue weighted by Crippen LogP contribution is 2.49. The number of esters is 1. The molecule has 1 aliphatic rings. The van der Waals surface area contributed by atoms with Crippen LogP contribution in [-0.4, -0.2) is 23.2 Å². The summed E-state index contributed by atoms with van der Waals surface area (Å²) < 4.78 is 10.4. The van der Waals surface area contributed by atoms with Gasteiger partial charge in [-0.05, 0) is 49.7 Å². The number of aromatic nitrogens is 2. The van der Waals surface area contributed by atoms with Gasteiger partial charge in [-0.2, -0.15) is 4.98 Å². The average molecular weight is 368 g/mol. The highest BCUT2D eigenvalue weighted by molar-refractivity contribution is 5.89. The molecule has 1 fully saturated rings. The number of carbonyl (C=O) groups excluding carboxylic acids is 1. The molecule has 0 bridgehead atoms. The number of allylic oxidation sites excluding steroid dienone is 1. The lowest BCUT2D eigenvalue weighted by molar-refractivity contribution is 0.0601. The normalized spacial score (nSPS) is 25.1. The van der Waals surface area contributed by atoms with Crippen molar-refractivity contribution in [1.29, 1.82) is 0 Å². The number of benzene rings is 1. The van der Waals surface area contributed by atoms with E-state index in [4.69, 9.17) is 9.26 Å². The van der Waals surface area contributed by atoms with Gasteiger partial charge in [-0.1, -0.05) is 43.6 Å². The first-order valence-corrected chi connectivity index (χ1v) is 9.62. The van der Waals surface area contributed by atoms with Crippen molar-refractivity contribution < 1.29 is 14.1 Å². The largest absolute Gasteiger partial charge is 0.465 e. The number of rotatable bonds is 6. The van der Waals surface area contributed by atoms with Gasteiger partial charge in [-0.25, -0.2) is 4.79 Å². The summed E-state index contributed by atoms with van der Waals surface area (Å²) >= 11 is 0. The van der Waals surface area contributed by atoms with Crippen molar-refractivity contribution in [2.24, 2.45) is 5.41 Å². The molecule has 27 heavy (non-hydrogen) atoms. The summed E-state index contributed by atoms with van der Waals surface area (Å²) in [4.78, 5) is 16.2. The molecule has 1 aliphatic carbocycles. The molecule has 0 saturated heterocycles. The monoisotopic (exact) mass is 368 g/mol. The molecule has 0 amide bonds. The second-order valence-corrected chi connectivity index (χ2v) is 7.87. The molecule has 5 heteroatoms. The van der Waals surface area contributed by atoms with E-state index in [2.05, 4.69) is 36.6 Å². The summed E-state index contributed by atoms with van der Waals surface area (Å²) in [5.74, 6) is 0.892. The molecule has 2 aromatic rings. The molecule has 5 nitrogen and oxygen atoms in total. The van der Waals surface area contributed by atoms with Crippen LogP contribution < -0.4 is 0 Å². The summed E-state index contributed by atoms with van der Waals surface area (Å²) in [5.41, 5.74) is 1.47. The molecule has 0 radical (unpaired) electrons. The Balaban J connectivity index is 1.76. The van der Waals surface area contributed by atoms with E-state index >= 15 is 0 Å². The highest BCUT2D eigenvalue weighted by atomic mass is 16.5. The Hall–Kier alpha value is -2.43. The minimum absolute atomic E-state index is 0.0997. The lowest BCUT2D eigenvalue weighted by atomic mass is 9.63. The molecule has 144 valence electrons. The van der Waals surface area contributed by atoms with Crippen LogP contribution in [0, 0.1) is 5.41 Å². The molecule has 1 heterocycles. The predicted molar refractivity (Wildman–Crippen MR) is 104 cm³/mol. The second kappa shape index (κ2) is 7.67. The molecule has 0 N–H and O–H groups in total. The highest BCUT2D eigenvalue weighted by Gasteiger charge is 2.42. The fourth-order valence-corrected chi connectivity index (χ4v) is 4.03. The number of hydrogen-bond acceptors (Lipinski definition) is 5. The van der Waals surface area contributed by atoms with Crippen LogP contribution in [0.3, 0.4) is 0 Å². The maximum atomic E-state index is 11.6. The van der Waals surface area contributed by atoms with Crippen LogP contribution >= 0.6 is 0 Å². The Labute approximate surface area is 160 Å². The van der Waals surface area contributed by atoms with Gasteiger partial charge in [0.25, 0.3) is 0 Å². The quantitative estimate of drug-likeness (QED) is 0.509. The molecule has 0 aliphatic heterocycles. The van der Waals surface area contributed by atoms with Gasteiger partial charge in [0, 0.05) is 11.0 Å². The van der Waals surface area contributed by atoms with Gasteiger partial charge in [0.2, 0.25) is 11.7 Å². The SMILES string of the molecule is C=CC1(CCC)CCC(C)(c2nc(-c3ccc(C(=O)OC)cc3)no2)CC1. The summed E-state index contributed by atoms with van der Waals surface area (Å²) in [7, 11) is 1.37. The number of methoxy groups -OCH3 is 1. The first-order chi connectivity index (χ1) is 12.9. The molecule has 1 aromatic heterocycles. The summed E-state index contributed by atoms with van der Waals surface area (Å²) in [6, 6.07) is 7.05. The van der Waals surface area contributed by atoms with E-state index < -0.39 is 0 Å². The Morgan fingerprint density at radius 2 is 1.93 bits per heavy atom. The Kier molecular flexibility index (Phi) is 5.49. The molecule has 0 unspecified atom stereocenters. The van der Waals surface area contributed by atoms with Crippen molar-refractivity contribution in [2.75, 3.05) is 7.11 Å². The summed E-state index contributed by atoms with van der Waals surface area (Å²) in [6.07, 6.45) is 8.75. The van der Waals surface area contributed by atoms with Crippen LogP contribution in [0.1, 0.15) is 68.6 Å². The van der Waals surface area contributed by atoms with Crippen LogP contribution in [0.15, 0.2) is 41.4 Å². The molecule has 1 saturated carbocycles. The number of carbonyl (C=O) groups is 1. The minimum Gasteiger partial charge on any atom is -0.465 e. The van der Waals surface area contributed by atoms with E-state index in [-0.39, 0.29) is 16.8 Å². The first kappa shape index (κ1) is 19.3. The van der Waals surface area contributed by atoms with Crippen molar-refractivity contribution in [1.82, 2.24) is 10.1 Å². The Bertz CT molecular complexity index is 799. The molecular weight excluding hydrogens is 340 g/mol. The molecule has 1 aromatic carbocycles. The van der Waals surface area contributed by atoms with Crippen molar-refractivity contribution in [2.45, 2.75) is 57.8 Å². The van der Waals surface area contributed by atoms with Gasteiger partial charge in [0.15, 0.2) is 0 Å². The second-order valence-electron chi connectivity index (χ2n) is 7.87. The van der Waals surface area contributed by atoms with Gasteiger partial charge in [-0.15, -0.1) is 6.58 Å². The lowest BCUT2D eigenvalue weighted by Gasteiger charge is -2.41. The van der Waals surface area contributed by atoms with Gasteiger partial charge < -0.3 is 9.26 Å². The minimum atomic E-state index is -0.358. The maximum Gasteiger partial charge on any atom is 0.337 e. The van der Waals surface area contributed by atoms with E-state index in [1.54, 1.807) is 12.1 Å². The zero-order valence-corrected chi connectivity index (χ0v) is 16.5. The topological polar surface area (TPSA) is 65.2 Å². The van der Waals surface area contributed by atoms with Crippen molar-refractivity contribution in [3.05, 3.63) is 48.4 Å². The zero-order chi connectivity index (χ0) is 19.5. The smallest absolute Gasteiger partial charge is 0.337 e. The van der Waals surface area contributed by atoms with Gasteiger partial charge in [0.05, 0.1) is 12.7 Å². The molecule has 0 atom stereocenters. The predicted octanol–water partition coefficient (Wildman–Crippen LogP) is 5.33. The molecule has 3 rings (SSSR count). The van der Waals surface area contributed by atoms with Gasteiger partial charge >= 0.3 is 5.97 Å². The van der Waals surface area contributed by atoms with Crippen LogP contribution in [-0.2, 0) is 10.2 Å². The third kappa shape index (κ3) is 3.82. The van der Waals surface area contributed by atoms with E-state index in [1.165, 1.54) is 20.0 Å². The standard InChI is InChI=1S/C22H28N2O3/c1-5-11-22(6-2)14-12-21(3,13-15-22)20-23-18(24-27-20)16-7-9-17(10-8-16)19(25)26-4/h6-10H,2,5,11-15H2,1,3-4H3. The van der Waals surface area contributed by atoms with Crippen molar-refractivity contribution in [3.8, 4) is 11.4 Å². The number of hydrogen-bond donors (Lipinski definition) is 0. The van der Waals surface area contributed by atoms with E-state index in [0.29, 0.717) is 17.3 Å². The average Bonchev–Trinajstić information content (AvgIpc) is 3.21. The van der Waals surface area contributed by atoms with Gasteiger partial charge in [0.1, 0.15) is 0 Å². The Morgan fingerprint density at radius 1 is 1.26 bits per heavy atom. The van der Waals surface area contributed by atoms with E-state index in [1.807, 2.05) is 12.1 Å². The third-order valence-corrected chi connectivity index (χ3v) is 6.04. The fourth-order valence-electron chi connectivity index (χ4n) is 4.03. The first-order valence-electron chi connectivity index (χ1n) is 9.62. The number of ether oxygens (including phenoxy) is 1. The van der Waals surface area contributed by atoms with Crippen molar-refractivity contribution >= 4 is 5.97 Å².